The Morgan fingerprint density at radius 3 is 2.34 bits per heavy atom. The van der Waals surface area contributed by atoms with Crippen molar-refractivity contribution in [3.05, 3.63) is 130 Å². The second-order valence-electron chi connectivity index (χ2n) is 9.34. The molecule has 4 aromatic carbocycles. The second-order valence-corrected chi connectivity index (χ2v) is 9.74. The van der Waals surface area contributed by atoms with Crippen LogP contribution in [0.15, 0.2) is 102 Å². The van der Waals surface area contributed by atoms with Crippen molar-refractivity contribution in [3.8, 4) is 29.1 Å². The van der Waals surface area contributed by atoms with Gasteiger partial charge in [0.05, 0.1) is 18.1 Å². The van der Waals surface area contributed by atoms with Crippen LogP contribution in [-0.4, -0.2) is 12.6 Å². The van der Waals surface area contributed by atoms with Gasteiger partial charge in [0.15, 0.2) is 0 Å². The summed E-state index contributed by atoms with van der Waals surface area (Å²) in [6.07, 6.45) is 0.894. The molecule has 5 rings (SSSR count). The molecule has 2 N–H and O–H groups in total. The third-order valence-corrected chi connectivity index (χ3v) is 6.90. The number of allylic oxidation sites excluding steroid dienone is 1. The zero-order valence-electron chi connectivity index (χ0n) is 22.3. The van der Waals surface area contributed by atoms with Gasteiger partial charge < -0.3 is 24.7 Å². The molecule has 0 fully saturated rings. The highest BCUT2D eigenvalue weighted by Crippen LogP contribution is 2.43. The van der Waals surface area contributed by atoms with Crippen LogP contribution in [0.25, 0.3) is 0 Å². The van der Waals surface area contributed by atoms with Crippen molar-refractivity contribution in [2.45, 2.75) is 25.9 Å². The Labute approximate surface area is 243 Å². The molecule has 1 atom stereocenters. The molecule has 1 heterocycles. The van der Waals surface area contributed by atoms with Crippen LogP contribution in [0.2, 0.25) is 5.02 Å². The fraction of sp³-hybridized carbons (Fsp3) is 0.152. The van der Waals surface area contributed by atoms with Crippen LogP contribution in [0.1, 0.15) is 46.3 Å². The fourth-order valence-electron chi connectivity index (χ4n) is 4.45. The summed E-state index contributed by atoms with van der Waals surface area (Å²) in [7, 11) is 0. The average molecular weight is 567 g/mol. The first-order valence-corrected chi connectivity index (χ1v) is 13.5. The van der Waals surface area contributed by atoms with Crippen LogP contribution in [0, 0.1) is 11.3 Å². The maximum absolute atomic E-state index is 12.8. The molecule has 0 bridgehead atoms. The van der Waals surface area contributed by atoms with Crippen LogP contribution in [0.4, 0.5) is 0 Å². The van der Waals surface area contributed by atoms with Gasteiger partial charge in [0.1, 0.15) is 41.2 Å². The zero-order chi connectivity index (χ0) is 28.8. The number of carbonyl (C=O) groups is 1. The highest BCUT2D eigenvalue weighted by atomic mass is 35.5. The molecule has 8 heteroatoms. The highest BCUT2D eigenvalue weighted by Gasteiger charge is 2.31. The molecule has 7 nitrogen and oxygen atoms in total. The van der Waals surface area contributed by atoms with Crippen LogP contribution in [0.5, 0.6) is 23.0 Å². The molecular formula is C33H27ClN2O5. The third-order valence-electron chi connectivity index (χ3n) is 6.53. The minimum atomic E-state index is -0.520. The number of benzene rings is 4. The van der Waals surface area contributed by atoms with Crippen LogP contribution >= 0.6 is 11.6 Å². The Morgan fingerprint density at radius 1 is 0.951 bits per heavy atom. The molecule has 1 aliphatic rings. The van der Waals surface area contributed by atoms with Crippen molar-refractivity contribution < 1.29 is 23.7 Å². The number of rotatable bonds is 9. The van der Waals surface area contributed by atoms with Gasteiger partial charge in [-0.15, -0.1) is 0 Å². The van der Waals surface area contributed by atoms with E-state index in [1.54, 1.807) is 42.5 Å². The van der Waals surface area contributed by atoms with E-state index in [0.717, 1.165) is 23.1 Å². The average Bonchev–Trinajstić information content (AvgIpc) is 2.99. The number of nitrogens with two attached hydrogens (primary N) is 1. The zero-order valence-corrected chi connectivity index (χ0v) is 23.1. The van der Waals surface area contributed by atoms with E-state index < -0.39 is 11.9 Å². The lowest BCUT2D eigenvalue weighted by molar-refractivity contribution is 0.0734. The first kappa shape index (κ1) is 27.6. The molecule has 206 valence electrons. The monoisotopic (exact) mass is 566 g/mol. The molecule has 4 aromatic rings. The smallest absolute Gasteiger partial charge is 0.343 e. The molecule has 0 saturated heterocycles. The number of nitrogens with zero attached hydrogens (tertiary/aromatic N) is 1. The molecule has 0 aromatic heterocycles. The lowest BCUT2D eigenvalue weighted by Gasteiger charge is -2.26. The van der Waals surface area contributed by atoms with Crippen molar-refractivity contribution in [1.82, 2.24) is 0 Å². The molecular weight excluding hydrogens is 540 g/mol. The van der Waals surface area contributed by atoms with Gasteiger partial charge in [0, 0.05) is 22.2 Å². The number of hydrogen-bond acceptors (Lipinski definition) is 7. The van der Waals surface area contributed by atoms with Gasteiger partial charge in [0.25, 0.3) is 0 Å². The van der Waals surface area contributed by atoms with E-state index in [4.69, 9.17) is 36.3 Å². The quantitative estimate of drug-likeness (QED) is 0.169. The summed E-state index contributed by atoms with van der Waals surface area (Å²) >= 11 is 6.23. The minimum absolute atomic E-state index is 0.00445. The van der Waals surface area contributed by atoms with Gasteiger partial charge in [-0.25, -0.2) is 4.79 Å². The first-order chi connectivity index (χ1) is 20.0. The fourth-order valence-corrected chi connectivity index (χ4v) is 4.64. The molecule has 0 amide bonds. The van der Waals surface area contributed by atoms with E-state index in [0.29, 0.717) is 41.0 Å². The summed E-state index contributed by atoms with van der Waals surface area (Å²) < 4.78 is 22.8. The second kappa shape index (κ2) is 12.5. The summed E-state index contributed by atoms with van der Waals surface area (Å²) in [5.41, 5.74) is 9.26. The largest absolute Gasteiger partial charge is 0.494 e. The van der Waals surface area contributed by atoms with Gasteiger partial charge in [0.2, 0.25) is 5.88 Å². The summed E-state index contributed by atoms with van der Waals surface area (Å²) in [5, 5.41) is 10.5. The predicted molar refractivity (Wildman–Crippen MR) is 155 cm³/mol. The normalized spacial score (nSPS) is 13.9. The van der Waals surface area contributed by atoms with Gasteiger partial charge in [-0.3, -0.25) is 0 Å². The molecule has 0 spiro atoms. The van der Waals surface area contributed by atoms with E-state index in [-0.39, 0.29) is 17.2 Å². The van der Waals surface area contributed by atoms with Crippen LogP contribution in [-0.2, 0) is 6.61 Å². The van der Waals surface area contributed by atoms with Crippen LogP contribution in [0.3, 0.4) is 0 Å². The summed E-state index contributed by atoms with van der Waals surface area (Å²) in [6, 6.07) is 28.9. The Balaban J connectivity index is 1.33. The van der Waals surface area contributed by atoms with E-state index in [1.165, 1.54) is 0 Å². The number of nitriles is 1. The molecule has 0 saturated carbocycles. The van der Waals surface area contributed by atoms with E-state index in [2.05, 4.69) is 6.07 Å². The molecule has 41 heavy (non-hydrogen) atoms. The molecule has 0 radical (unpaired) electrons. The molecule has 0 aliphatic carbocycles. The van der Waals surface area contributed by atoms with E-state index in [1.807, 2.05) is 55.5 Å². The SMILES string of the molecule is CCCOc1ccc(C(=O)Oc2ccc3c(c2)OC(N)=C(C#N)C3c2ccc(OCc3ccccc3Cl)cc2)cc1. The number of fused-ring (bicyclic) bond motifs is 1. The van der Waals surface area contributed by atoms with Gasteiger partial charge in [-0.1, -0.05) is 54.9 Å². The maximum atomic E-state index is 12.8. The summed E-state index contributed by atoms with van der Waals surface area (Å²) in [4.78, 5) is 12.8. The number of ether oxygens (including phenoxy) is 4. The van der Waals surface area contributed by atoms with E-state index in [9.17, 15) is 10.1 Å². The lowest BCUT2D eigenvalue weighted by atomic mass is 9.83. The van der Waals surface area contributed by atoms with E-state index >= 15 is 0 Å². The first-order valence-electron chi connectivity index (χ1n) is 13.1. The van der Waals surface area contributed by atoms with Crippen molar-refractivity contribution in [2.24, 2.45) is 5.73 Å². The van der Waals surface area contributed by atoms with Gasteiger partial charge >= 0.3 is 5.97 Å². The van der Waals surface area contributed by atoms with Crippen molar-refractivity contribution in [3.63, 3.8) is 0 Å². The number of esters is 1. The Morgan fingerprint density at radius 2 is 1.63 bits per heavy atom. The Bertz CT molecular complexity index is 1630. The molecule has 1 aliphatic heterocycles. The van der Waals surface area contributed by atoms with Crippen molar-refractivity contribution in [2.75, 3.05) is 6.61 Å². The third kappa shape index (κ3) is 6.29. The lowest BCUT2D eigenvalue weighted by Crippen LogP contribution is -2.21. The van der Waals surface area contributed by atoms with Crippen molar-refractivity contribution in [1.29, 1.82) is 5.26 Å². The summed E-state index contributed by atoms with van der Waals surface area (Å²) in [6.45, 7) is 2.96. The Kier molecular flexibility index (Phi) is 8.42. The highest BCUT2D eigenvalue weighted by molar-refractivity contribution is 6.31. The number of halogens is 1. The van der Waals surface area contributed by atoms with Gasteiger partial charge in [-0.05, 0) is 60.5 Å². The van der Waals surface area contributed by atoms with Crippen molar-refractivity contribution >= 4 is 17.6 Å². The van der Waals surface area contributed by atoms with Crippen LogP contribution < -0.4 is 24.7 Å². The predicted octanol–water partition coefficient (Wildman–Crippen LogP) is 7.15. The topological polar surface area (TPSA) is 104 Å². The number of hydrogen-bond donors (Lipinski definition) is 1. The maximum Gasteiger partial charge on any atom is 0.343 e. The Hall–Kier alpha value is -4.93. The number of carbonyl (C=O) groups excluding carboxylic acids is 1. The standard InChI is InChI=1S/C33H27ClN2O5/c1-2-17-38-24-13-9-22(10-14-24)33(37)40-26-15-16-27-30(18-26)41-32(36)28(19-35)31(27)21-7-11-25(12-8-21)39-20-23-5-3-4-6-29(23)34/h3-16,18,31H,2,17,20,36H2,1H3. The summed E-state index contributed by atoms with van der Waals surface area (Å²) in [5.74, 6) is 1.04. The van der Waals surface area contributed by atoms with Gasteiger partial charge in [-0.2, -0.15) is 5.26 Å². The minimum Gasteiger partial charge on any atom is -0.494 e. The molecule has 1 unspecified atom stereocenters.